The summed E-state index contributed by atoms with van der Waals surface area (Å²) in [5.74, 6) is 0.862. The van der Waals surface area contributed by atoms with Crippen molar-refractivity contribution in [3.05, 3.63) is 66.1 Å². The predicted molar refractivity (Wildman–Crippen MR) is 105 cm³/mol. The Labute approximate surface area is 163 Å². The summed E-state index contributed by atoms with van der Waals surface area (Å²) in [6.07, 6.45) is 6.21. The van der Waals surface area contributed by atoms with Crippen molar-refractivity contribution < 1.29 is 4.79 Å². The molecule has 28 heavy (non-hydrogen) atoms. The summed E-state index contributed by atoms with van der Waals surface area (Å²) < 4.78 is 1.50. The molecule has 1 fully saturated rings. The van der Waals surface area contributed by atoms with E-state index in [0.29, 0.717) is 13.0 Å². The van der Waals surface area contributed by atoms with Crippen molar-refractivity contribution in [2.75, 3.05) is 18.0 Å². The van der Waals surface area contributed by atoms with Gasteiger partial charge in [-0.15, -0.1) is 5.10 Å². The van der Waals surface area contributed by atoms with Crippen LogP contribution in [0.2, 0.25) is 0 Å². The summed E-state index contributed by atoms with van der Waals surface area (Å²) in [7, 11) is 0. The molecule has 4 rings (SSSR count). The summed E-state index contributed by atoms with van der Waals surface area (Å²) in [5, 5.41) is 14.3. The maximum atomic E-state index is 12.9. The molecular formula is C20H23N7O. The van der Waals surface area contributed by atoms with Crippen LogP contribution < -0.4 is 10.2 Å². The molecule has 1 aromatic carbocycles. The Hall–Kier alpha value is -3.29. The van der Waals surface area contributed by atoms with Crippen LogP contribution in [0.5, 0.6) is 0 Å². The van der Waals surface area contributed by atoms with Gasteiger partial charge in [-0.1, -0.05) is 30.3 Å². The van der Waals surface area contributed by atoms with E-state index >= 15 is 0 Å². The molecule has 1 aliphatic heterocycles. The fraction of sp³-hybridized carbons (Fsp3) is 0.350. The minimum absolute atomic E-state index is 0.115. The van der Waals surface area contributed by atoms with Crippen LogP contribution in [0.3, 0.4) is 0 Å². The number of carbonyl (C=O) groups is 1. The van der Waals surface area contributed by atoms with E-state index in [9.17, 15) is 4.79 Å². The van der Waals surface area contributed by atoms with E-state index < -0.39 is 6.04 Å². The van der Waals surface area contributed by atoms with Gasteiger partial charge >= 0.3 is 0 Å². The van der Waals surface area contributed by atoms with E-state index in [4.69, 9.17) is 0 Å². The van der Waals surface area contributed by atoms with Crippen molar-refractivity contribution >= 4 is 11.7 Å². The van der Waals surface area contributed by atoms with Gasteiger partial charge in [0, 0.05) is 32.3 Å². The Balaban J connectivity index is 1.44. The third-order valence-electron chi connectivity index (χ3n) is 4.97. The van der Waals surface area contributed by atoms with Crippen LogP contribution in [-0.4, -0.2) is 44.2 Å². The van der Waals surface area contributed by atoms with Gasteiger partial charge in [-0.25, -0.2) is 9.67 Å². The second-order valence-electron chi connectivity index (χ2n) is 6.93. The average molecular weight is 377 g/mol. The molecule has 8 heteroatoms. The van der Waals surface area contributed by atoms with Crippen molar-refractivity contribution in [1.82, 2.24) is 30.5 Å². The molecule has 1 unspecified atom stereocenters. The molecule has 1 amide bonds. The van der Waals surface area contributed by atoms with Crippen LogP contribution in [0.25, 0.3) is 0 Å². The number of carbonyl (C=O) groups excluding carboxylic acids is 1. The molecule has 3 heterocycles. The number of nitrogens with one attached hydrogen (secondary N) is 1. The Morgan fingerprint density at radius 3 is 2.68 bits per heavy atom. The zero-order chi connectivity index (χ0) is 19.2. The highest BCUT2D eigenvalue weighted by molar-refractivity contribution is 5.80. The first-order chi connectivity index (χ1) is 13.8. The third kappa shape index (κ3) is 4.33. The number of amides is 1. The molecule has 2 aromatic heterocycles. The van der Waals surface area contributed by atoms with Gasteiger partial charge in [0.05, 0.1) is 0 Å². The van der Waals surface area contributed by atoms with Crippen LogP contribution in [0, 0.1) is 0 Å². The zero-order valence-electron chi connectivity index (χ0n) is 15.6. The van der Waals surface area contributed by atoms with E-state index in [1.807, 2.05) is 36.4 Å². The SMILES string of the molecule is O=C(NCc1ccnc(N2CCCC2)c1)C(Cc1ccccc1)n1cnnn1. The van der Waals surface area contributed by atoms with Gasteiger partial charge in [-0.05, 0) is 46.5 Å². The quantitative estimate of drug-likeness (QED) is 0.675. The first-order valence-electron chi connectivity index (χ1n) is 9.53. The Morgan fingerprint density at radius 1 is 1.11 bits per heavy atom. The van der Waals surface area contributed by atoms with Crippen LogP contribution in [-0.2, 0) is 17.8 Å². The Kier molecular flexibility index (Phi) is 5.56. The number of nitrogens with zero attached hydrogens (tertiary/aromatic N) is 6. The second kappa shape index (κ2) is 8.60. The fourth-order valence-electron chi connectivity index (χ4n) is 3.45. The molecule has 8 nitrogen and oxygen atoms in total. The molecule has 144 valence electrons. The summed E-state index contributed by atoms with van der Waals surface area (Å²) in [6, 6.07) is 13.3. The minimum atomic E-state index is -0.503. The zero-order valence-corrected chi connectivity index (χ0v) is 15.6. The summed E-state index contributed by atoms with van der Waals surface area (Å²) in [6.45, 7) is 2.53. The van der Waals surface area contributed by atoms with Gasteiger partial charge in [0.1, 0.15) is 18.2 Å². The van der Waals surface area contributed by atoms with Crippen molar-refractivity contribution in [3.8, 4) is 0 Å². The standard InChI is InChI=1S/C20H23N7O/c28-20(18(27-15-23-24-25-27)12-16-6-2-1-3-7-16)22-14-17-8-9-21-19(13-17)26-10-4-5-11-26/h1-3,6-9,13,15,18H,4-5,10-12,14H2,(H,22,28). The molecule has 0 bridgehead atoms. The summed E-state index contributed by atoms with van der Waals surface area (Å²) in [4.78, 5) is 19.7. The maximum absolute atomic E-state index is 12.9. The number of benzene rings is 1. The normalized spacial score (nSPS) is 14.8. The number of pyridine rings is 1. The molecule has 3 aromatic rings. The van der Waals surface area contributed by atoms with E-state index in [1.54, 1.807) is 6.20 Å². The molecule has 1 saturated heterocycles. The average Bonchev–Trinajstić information content (AvgIpc) is 3.45. The van der Waals surface area contributed by atoms with Crippen molar-refractivity contribution in [2.24, 2.45) is 0 Å². The number of hydrogen-bond donors (Lipinski definition) is 1. The number of tetrazole rings is 1. The number of anilines is 1. The number of aromatic nitrogens is 5. The lowest BCUT2D eigenvalue weighted by Gasteiger charge is -2.18. The molecule has 0 saturated carbocycles. The van der Waals surface area contributed by atoms with Gasteiger partial charge in [0.25, 0.3) is 0 Å². The van der Waals surface area contributed by atoms with Gasteiger partial charge < -0.3 is 10.2 Å². The lowest BCUT2D eigenvalue weighted by molar-refractivity contribution is -0.124. The van der Waals surface area contributed by atoms with Crippen molar-refractivity contribution in [2.45, 2.75) is 31.8 Å². The second-order valence-corrected chi connectivity index (χ2v) is 6.93. The van der Waals surface area contributed by atoms with Crippen LogP contribution in [0.1, 0.15) is 30.0 Å². The maximum Gasteiger partial charge on any atom is 0.245 e. The van der Waals surface area contributed by atoms with E-state index in [1.165, 1.54) is 23.9 Å². The van der Waals surface area contributed by atoms with Crippen molar-refractivity contribution in [1.29, 1.82) is 0 Å². The smallest absolute Gasteiger partial charge is 0.245 e. The summed E-state index contributed by atoms with van der Waals surface area (Å²) >= 11 is 0. The monoisotopic (exact) mass is 377 g/mol. The third-order valence-corrected chi connectivity index (χ3v) is 4.97. The Bertz CT molecular complexity index is 892. The van der Waals surface area contributed by atoms with Gasteiger partial charge in [0.15, 0.2) is 0 Å². The van der Waals surface area contributed by atoms with E-state index in [2.05, 4.69) is 36.8 Å². The largest absolute Gasteiger partial charge is 0.357 e. The summed E-state index contributed by atoms with van der Waals surface area (Å²) in [5.41, 5.74) is 2.08. The minimum Gasteiger partial charge on any atom is -0.357 e. The van der Waals surface area contributed by atoms with Crippen LogP contribution in [0.4, 0.5) is 5.82 Å². The van der Waals surface area contributed by atoms with E-state index in [0.717, 1.165) is 30.0 Å². The van der Waals surface area contributed by atoms with Crippen molar-refractivity contribution in [3.63, 3.8) is 0 Å². The van der Waals surface area contributed by atoms with Crippen LogP contribution >= 0.6 is 0 Å². The Morgan fingerprint density at radius 2 is 1.93 bits per heavy atom. The molecule has 1 aliphatic rings. The molecule has 1 N–H and O–H groups in total. The highest BCUT2D eigenvalue weighted by Gasteiger charge is 2.22. The lowest BCUT2D eigenvalue weighted by Crippen LogP contribution is -2.34. The lowest BCUT2D eigenvalue weighted by atomic mass is 10.1. The van der Waals surface area contributed by atoms with E-state index in [-0.39, 0.29) is 5.91 Å². The topological polar surface area (TPSA) is 88.8 Å². The van der Waals surface area contributed by atoms with Gasteiger partial charge in [-0.3, -0.25) is 4.79 Å². The first kappa shape index (κ1) is 18.1. The molecule has 0 aliphatic carbocycles. The highest BCUT2D eigenvalue weighted by Crippen LogP contribution is 2.19. The van der Waals surface area contributed by atoms with Gasteiger partial charge in [-0.2, -0.15) is 0 Å². The molecule has 1 atom stereocenters. The molecule has 0 spiro atoms. The van der Waals surface area contributed by atoms with Crippen LogP contribution in [0.15, 0.2) is 55.0 Å². The van der Waals surface area contributed by atoms with Gasteiger partial charge in [0.2, 0.25) is 5.91 Å². The predicted octanol–water partition coefficient (Wildman–Crippen LogP) is 1.77. The number of rotatable bonds is 7. The molecule has 0 radical (unpaired) electrons. The molecular weight excluding hydrogens is 354 g/mol. The number of hydrogen-bond acceptors (Lipinski definition) is 6. The highest BCUT2D eigenvalue weighted by atomic mass is 16.2. The first-order valence-corrected chi connectivity index (χ1v) is 9.53. The fourth-order valence-corrected chi connectivity index (χ4v) is 3.45.